The summed E-state index contributed by atoms with van der Waals surface area (Å²) in [7, 11) is 1.68. The molecule has 8 heteroatoms. The molecule has 2 heterocycles. The third-order valence-electron chi connectivity index (χ3n) is 6.88. The Hall–Kier alpha value is -1.94. The molecule has 34 heavy (non-hydrogen) atoms. The van der Waals surface area contributed by atoms with Gasteiger partial charge in [-0.05, 0) is 54.8 Å². The van der Waals surface area contributed by atoms with Crippen LogP contribution in [-0.4, -0.2) is 83.8 Å². The first-order chi connectivity index (χ1) is 16.5. The summed E-state index contributed by atoms with van der Waals surface area (Å²) in [5.74, 6) is -0.583. The molecular weight excluding hydrogens is 442 g/mol. The highest BCUT2D eigenvalue weighted by Gasteiger charge is 2.49. The molecule has 2 aromatic carbocycles. The summed E-state index contributed by atoms with van der Waals surface area (Å²) in [6, 6.07) is 12.7. The molecule has 6 nitrogen and oxygen atoms in total. The van der Waals surface area contributed by atoms with Crippen LogP contribution in [0.25, 0.3) is 0 Å². The summed E-state index contributed by atoms with van der Waals surface area (Å²) < 4.78 is 38.5. The van der Waals surface area contributed by atoms with E-state index >= 15 is 0 Å². The van der Waals surface area contributed by atoms with E-state index in [1.54, 1.807) is 31.4 Å². The number of benzene rings is 2. The van der Waals surface area contributed by atoms with Crippen LogP contribution in [0, 0.1) is 11.6 Å². The quantitative estimate of drug-likeness (QED) is 0.550. The third-order valence-corrected chi connectivity index (χ3v) is 6.88. The van der Waals surface area contributed by atoms with Crippen LogP contribution in [0.1, 0.15) is 24.0 Å². The predicted octanol–water partition coefficient (Wildman–Crippen LogP) is 2.57. The van der Waals surface area contributed by atoms with Crippen molar-refractivity contribution in [3.05, 3.63) is 71.3 Å². The molecule has 5 atom stereocenters. The van der Waals surface area contributed by atoms with Crippen molar-refractivity contribution in [1.29, 1.82) is 0 Å². The van der Waals surface area contributed by atoms with Crippen molar-refractivity contribution in [3.63, 3.8) is 0 Å². The minimum Gasteiger partial charge on any atom is -0.394 e. The lowest BCUT2D eigenvalue weighted by molar-refractivity contribution is -0.0331. The number of hydrogen-bond donors (Lipinski definition) is 2. The molecule has 5 unspecified atom stereocenters. The van der Waals surface area contributed by atoms with E-state index in [0.29, 0.717) is 26.2 Å². The van der Waals surface area contributed by atoms with Gasteiger partial charge in [0.25, 0.3) is 0 Å². The number of aliphatic hydroxyl groups excluding tert-OH is 2. The maximum absolute atomic E-state index is 13.4. The molecule has 2 aliphatic heterocycles. The smallest absolute Gasteiger partial charge is 0.123 e. The molecule has 0 saturated carbocycles. The highest BCUT2D eigenvalue weighted by atomic mass is 19.1. The molecular formula is C26H34F2N2O4. The largest absolute Gasteiger partial charge is 0.394 e. The van der Waals surface area contributed by atoms with Crippen molar-refractivity contribution < 1.29 is 28.5 Å². The van der Waals surface area contributed by atoms with Crippen LogP contribution in [-0.2, 0) is 22.6 Å². The van der Waals surface area contributed by atoms with Crippen molar-refractivity contribution in [2.24, 2.45) is 0 Å². The zero-order valence-electron chi connectivity index (χ0n) is 19.5. The summed E-state index contributed by atoms with van der Waals surface area (Å²) in [6.07, 6.45) is 0.194. The number of likely N-dealkylation sites (tertiary alicyclic amines) is 1. The zero-order chi connectivity index (χ0) is 24.1. The standard InChI is InChI=1S/C26H34F2N2O4/c1-33-17-22-3-2-12-30(22)25-23(34-24(16-31)26(25)32)15-29(13-18-4-8-20(27)9-5-18)14-19-6-10-21(28)11-7-19/h4-11,22-26,31-32H,2-3,12-17H2,1H3. The minimum absolute atomic E-state index is 0.191. The van der Waals surface area contributed by atoms with E-state index in [1.165, 1.54) is 24.3 Å². The average molecular weight is 477 g/mol. The first-order valence-corrected chi connectivity index (χ1v) is 11.9. The Morgan fingerprint density at radius 3 is 2.12 bits per heavy atom. The highest BCUT2D eigenvalue weighted by molar-refractivity contribution is 5.18. The summed E-state index contributed by atoms with van der Waals surface area (Å²) in [5.41, 5.74) is 1.88. The van der Waals surface area contributed by atoms with E-state index in [9.17, 15) is 19.0 Å². The molecule has 4 rings (SSSR count). The fourth-order valence-electron chi connectivity index (χ4n) is 5.29. The van der Waals surface area contributed by atoms with E-state index in [1.807, 2.05) is 0 Å². The first kappa shape index (κ1) is 25.2. The topological polar surface area (TPSA) is 65.4 Å². The summed E-state index contributed by atoms with van der Waals surface area (Å²) >= 11 is 0. The lowest BCUT2D eigenvalue weighted by Crippen LogP contribution is -2.53. The highest BCUT2D eigenvalue weighted by Crippen LogP contribution is 2.32. The Balaban J connectivity index is 1.56. The molecule has 2 aromatic rings. The molecule has 2 fully saturated rings. The van der Waals surface area contributed by atoms with Gasteiger partial charge in [-0.2, -0.15) is 0 Å². The summed E-state index contributed by atoms with van der Waals surface area (Å²) in [4.78, 5) is 4.43. The molecule has 2 N–H and O–H groups in total. The maximum Gasteiger partial charge on any atom is 0.123 e. The number of nitrogens with zero attached hydrogens (tertiary/aromatic N) is 2. The number of aliphatic hydroxyl groups is 2. The Morgan fingerprint density at radius 2 is 1.59 bits per heavy atom. The second kappa shape index (κ2) is 11.7. The van der Waals surface area contributed by atoms with Crippen LogP contribution in [0.15, 0.2) is 48.5 Å². The predicted molar refractivity (Wildman–Crippen MR) is 124 cm³/mol. The van der Waals surface area contributed by atoms with E-state index < -0.39 is 12.2 Å². The maximum atomic E-state index is 13.4. The Kier molecular flexibility index (Phi) is 8.63. The molecule has 2 aliphatic rings. The van der Waals surface area contributed by atoms with Gasteiger partial charge in [0.2, 0.25) is 0 Å². The molecule has 2 saturated heterocycles. The van der Waals surface area contributed by atoms with Gasteiger partial charge in [0, 0.05) is 32.8 Å². The van der Waals surface area contributed by atoms with Crippen LogP contribution in [0.5, 0.6) is 0 Å². The zero-order valence-corrected chi connectivity index (χ0v) is 19.5. The monoisotopic (exact) mass is 476 g/mol. The molecule has 0 aromatic heterocycles. The molecule has 0 radical (unpaired) electrons. The second-order valence-corrected chi connectivity index (χ2v) is 9.29. The number of hydrogen-bond acceptors (Lipinski definition) is 6. The molecule has 0 spiro atoms. The van der Waals surface area contributed by atoms with Crippen LogP contribution in [0.3, 0.4) is 0 Å². The first-order valence-electron chi connectivity index (χ1n) is 11.9. The third kappa shape index (κ3) is 6.00. The van der Waals surface area contributed by atoms with Gasteiger partial charge in [0.05, 0.1) is 25.4 Å². The van der Waals surface area contributed by atoms with Crippen molar-refractivity contribution >= 4 is 0 Å². The normalized spacial score (nSPS) is 27.6. The van der Waals surface area contributed by atoms with Crippen LogP contribution >= 0.6 is 0 Å². The second-order valence-electron chi connectivity index (χ2n) is 9.29. The van der Waals surface area contributed by atoms with Crippen LogP contribution < -0.4 is 0 Å². The van der Waals surface area contributed by atoms with Gasteiger partial charge in [0.15, 0.2) is 0 Å². The van der Waals surface area contributed by atoms with E-state index in [0.717, 1.165) is 30.5 Å². The van der Waals surface area contributed by atoms with Crippen LogP contribution in [0.4, 0.5) is 8.78 Å². The van der Waals surface area contributed by atoms with Gasteiger partial charge < -0.3 is 19.7 Å². The minimum atomic E-state index is -0.814. The molecule has 186 valence electrons. The van der Waals surface area contributed by atoms with Crippen molar-refractivity contribution in [2.75, 3.05) is 33.4 Å². The fraction of sp³-hybridized carbons (Fsp3) is 0.538. The van der Waals surface area contributed by atoms with E-state index in [4.69, 9.17) is 9.47 Å². The number of rotatable bonds is 10. The van der Waals surface area contributed by atoms with Gasteiger partial charge >= 0.3 is 0 Å². The molecule has 0 amide bonds. The van der Waals surface area contributed by atoms with Crippen molar-refractivity contribution in [1.82, 2.24) is 9.80 Å². The van der Waals surface area contributed by atoms with Gasteiger partial charge in [-0.25, -0.2) is 8.78 Å². The lowest BCUT2D eigenvalue weighted by Gasteiger charge is -2.36. The Bertz CT molecular complexity index is 851. The van der Waals surface area contributed by atoms with E-state index in [2.05, 4.69) is 9.80 Å². The lowest BCUT2D eigenvalue weighted by atomic mass is 10.0. The SMILES string of the molecule is COCC1CCCN1C1C(CN(Cc2ccc(F)cc2)Cc2ccc(F)cc2)OC(CO)C1O. The Labute approximate surface area is 199 Å². The van der Waals surface area contributed by atoms with Gasteiger partial charge in [0.1, 0.15) is 23.8 Å². The van der Waals surface area contributed by atoms with Crippen LogP contribution in [0.2, 0.25) is 0 Å². The fourth-order valence-corrected chi connectivity index (χ4v) is 5.29. The Morgan fingerprint density at radius 1 is 1.00 bits per heavy atom. The number of methoxy groups -OCH3 is 1. The number of ether oxygens (including phenoxy) is 2. The van der Waals surface area contributed by atoms with Crippen molar-refractivity contribution in [3.8, 4) is 0 Å². The molecule has 0 bridgehead atoms. The summed E-state index contributed by atoms with van der Waals surface area (Å²) in [5, 5.41) is 20.9. The van der Waals surface area contributed by atoms with Gasteiger partial charge in [-0.15, -0.1) is 0 Å². The van der Waals surface area contributed by atoms with E-state index in [-0.39, 0.29) is 36.4 Å². The van der Waals surface area contributed by atoms with Gasteiger partial charge in [-0.3, -0.25) is 9.80 Å². The van der Waals surface area contributed by atoms with Gasteiger partial charge in [-0.1, -0.05) is 24.3 Å². The average Bonchev–Trinajstić information content (AvgIpc) is 3.40. The number of halogens is 2. The van der Waals surface area contributed by atoms with Crippen molar-refractivity contribution in [2.45, 2.75) is 56.3 Å². The summed E-state index contributed by atoms with van der Waals surface area (Å²) in [6.45, 7) is 2.71. The molecule has 0 aliphatic carbocycles.